The monoisotopic (exact) mass is 722 g/mol. The number of ether oxygens (including phenoxy) is 1. The van der Waals surface area contributed by atoms with E-state index in [0.717, 1.165) is 64.7 Å². The van der Waals surface area contributed by atoms with Gasteiger partial charge in [0.1, 0.15) is 6.10 Å². The third-order valence-corrected chi connectivity index (χ3v) is 10.7. The Morgan fingerprint density at radius 1 is 0.529 bits per heavy atom. The predicted octanol–water partition coefficient (Wildman–Crippen LogP) is 12.5. The number of rotatable bonds is 41. The molecule has 0 aliphatic rings. The van der Waals surface area contributed by atoms with Gasteiger partial charge in [-0.3, -0.25) is 9.59 Å². The molecule has 0 aromatic heterocycles. The number of nitrogens with two attached hydrogens (primary N) is 1. The molecule has 0 bridgehead atoms. The third-order valence-electron chi connectivity index (χ3n) is 10.7. The van der Waals surface area contributed by atoms with Gasteiger partial charge in [0.05, 0.1) is 0 Å². The van der Waals surface area contributed by atoms with Crippen molar-refractivity contribution in [1.29, 1.82) is 0 Å². The highest BCUT2D eigenvalue weighted by Crippen LogP contribution is 2.18. The number of nitrogens with zero attached hydrogens (tertiary/aromatic N) is 1. The van der Waals surface area contributed by atoms with Gasteiger partial charge in [-0.05, 0) is 76.8 Å². The van der Waals surface area contributed by atoms with Gasteiger partial charge < -0.3 is 20.7 Å². The van der Waals surface area contributed by atoms with Crippen LogP contribution in [-0.2, 0) is 14.3 Å². The summed E-state index contributed by atoms with van der Waals surface area (Å²) in [7, 11) is 0. The van der Waals surface area contributed by atoms with Gasteiger partial charge >= 0.3 is 5.97 Å². The molecule has 0 radical (unpaired) electrons. The number of nitrogens with one attached hydrogen (secondary N) is 1. The van der Waals surface area contributed by atoms with Crippen LogP contribution in [0.4, 0.5) is 0 Å². The number of esters is 1. The number of unbranched alkanes of at least 4 members (excludes halogenated alkanes) is 22. The number of hydrogen-bond donors (Lipinski definition) is 2. The molecule has 0 aliphatic carbocycles. The highest BCUT2D eigenvalue weighted by atomic mass is 16.5. The summed E-state index contributed by atoms with van der Waals surface area (Å²) < 4.78 is 6.03. The molecule has 51 heavy (non-hydrogen) atoms. The maximum Gasteiger partial charge on any atom is 0.306 e. The first-order chi connectivity index (χ1) is 25.0. The Hall–Kier alpha value is -1.14. The summed E-state index contributed by atoms with van der Waals surface area (Å²) in [4.78, 5) is 27.5. The summed E-state index contributed by atoms with van der Waals surface area (Å²) in [5.41, 5.74) is 5.92. The SMILES string of the molecule is CCCCCCCCC(CCCCCCCC)OC(=O)CCCCCCCN(CCN)CCCCCCCC(=O)NCC(C)CCCCCCC. The summed E-state index contributed by atoms with van der Waals surface area (Å²) in [6, 6.07) is 0. The van der Waals surface area contributed by atoms with Gasteiger partial charge in [-0.1, -0.05) is 163 Å². The molecule has 0 saturated heterocycles. The van der Waals surface area contributed by atoms with Crippen LogP contribution in [0.1, 0.15) is 233 Å². The van der Waals surface area contributed by atoms with Crippen LogP contribution < -0.4 is 11.1 Å². The minimum Gasteiger partial charge on any atom is -0.462 e. The summed E-state index contributed by atoms with van der Waals surface area (Å²) in [6.07, 6.45) is 38.2. The predicted molar refractivity (Wildman–Crippen MR) is 222 cm³/mol. The van der Waals surface area contributed by atoms with Gasteiger partial charge in [-0.2, -0.15) is 0 Å². The lowest BCUT2D eigenvalue weighted by atomic mass is 10.0. The fourth-order valence-corrected chi connectivity index (χ4v) is 7.19. The van der Waals surface area contributed by atoms with Crippen LogP contribution in [-0.4, -0.2) is 55.6 Å². The lowest BCUT2D eigenvalue weighted by Crippen LogP contribution is -2.31. The van der Waals surface area contributed by atoms with E-state index in [9.17, 15) is 9.59 Å². The highest BCUT2D eigenvalue weighted by molar-refractivity contribution is 5.75. The first-order valence-electron chi connectivity index (χ1n) is 22.8. The maximum absolute atomic E-state index is 12.7. The molecule has 0 heterocycles. The topological polar surface area (TPSA) is 84.7 Å². The Balaban J connectivity index is 3.98. The lowest BCUT2D eigenvalue weighted by molar-refractivity contribution is -0.150. The molecule has 0 spiro atoms. The van der Waals surface area contributed by atoms with Gasteiger partial charge in [0.2, 0.25) is 5.91 Å². The molecule has 1 amide bonds. The highest BCUT2D eigenvalue weighted by Gasteiger charge is 2.14. The van der Waals surface area contributed by atoms with Gasteiger partial charge in [0, 0.05) is 32.5 Å². The van der Waals surface area contributed by atoms with Crippen LogP contribution in [0.5, 0.6) is 0 Å². The fraction of sp³-hybridized carbons (Fsp3) is 0.956. The Bertz CT molecular complexity index is 717. The largest absolute Gasteiger partial charge is 0.462 e. The maximum atomic E-state index is 12.7. The molecule has 0 rings (SSSR count). The average Bonchev–Trinajstić information content (AvgIpc) is 3.12. The van der Waals surface area contributed by atoms with Crippen molar-refractivity contribution in [2.45, 2.75) is 239 Å². The van der Waals surface area contributed by atoms with Crippen molar-refractivity contribution in [2.24, 2.45) is 11.7 Å². The normalized spacial score (nSPS) is 12.2. The van der Waals surface area contributed by atoms with Gasteiger partial charge in [-0.25, -0.2) is 0 Å². The molecule has 6 heteroatoms. The van der Waals surface area contributed by atoms with E-state index in [2.05, 4.69) is 37.9 Å². The average molecular weight is 722 g/mol. The molecule has 3 N–H and O–H groups in total. The van der Waals surface area contributed by atoms with Crippen LogP contribution in [0.15, 0.2) is 0 Å². The molecular formula is C45H91N3O3. The van der Waals surface area contributed by atoms with E-state index in [0.29, 0.717) is 25.3 Å². The van der Waals surface area contributed by atoms with Crippen molar-refractivity contribution in [1.82, 2.24) is 10.2 Å². The molecule has 0 aromatic rings. The van der Waals surface area contributed by atoms with E-state index in [1.54, 1.807) is 0 Å². The second-order valence-corrected chi connectivity index (χ2v) is 16.0. The first-order valence-corrected chi connectivity index (χ1v) is 22.8. The molecule has 0 aromatic carbocycles. The quantitative estimate of drug-likeness (QED) is 0.0485. The van der Waals surface area contributed by atoms with E-state index >= 15 is 0 Å². The van der Waals surface area contributed by atoms with E-state index in [-0.39, 0.29) is 18.0 Å². The van der Waals surface area contributed by atoms with Gasteiger partial charge in [0.15, 0.2) is 0 Å². The van der Waals surface area contributed by atoms with Gasteiger partial charge in [-0.15, -0.1) is 0 Å². The van der Waals surface area contributed by atoms with Gasteiger partial charge in [0.25, 0.3) is 0 Å². The van der Waals surface area contributed by atoms with Crippen molar-refractivity contribution in [2.75, 3.05) is 32.7 Å². The van der Waals surface area contributed by atoms with Crippen LogP contribution in [0.25, 0.3) is 0 Å². The van der Waals surface area contributed by atoms with E-state index < -0.39 is 0 Å². The van der Waals surface area contributed by atoms with E-state index in [1.165, 1.54) is 154 Å². The molecule has 304 valence electrons. The Kier molecular flexibility index (Phi) is 39.2. The molecule has 1 atom stereocenters. The molecule has 0 aliphatic heterocycles. The Morgan fingerprint density at radius 3 is 1.43 bits per heavy atom. The van der Waals surface area contributed by atoms with E-state index in [4.69, 9.17) is 10.5 Å². The summed E-state index contributed by atoms with van der Waals surface area (Å²) in [5.74, 6) is 0.843. The number of carbonyl (C=O) groups excluding carboxylic acids is 2. The molecule has 6 nitrogen and oxygen atoms in total. The summed E-state index contributed by atoms with van der Waals surface area (Å²) in [6.45, 7) is 13.8. The minimum atomic E-state index is 0.0304. The van der Waals surface area contributed by atoms with Crippen molar-refractivity contribution in [3.8, 4) is 0 Å². The zero-order valence-electron chi connectivity index (χ0n) is 35.1. The smallest absolute Gasteiger partial charge is 0.306 e. The molecule has 0 fully saturated rings. The Morgan fingerprint density at radius 2 is 0.941 bits per heavy atom. The molecular weight excluding hydrogens is 631 g/mol. The summed E-state index contributed by atoms with van der Waals surface area (Å²) >= 11 is 0. The van der Waals surface area contributed by atoms with Crippen molar-refractivity contribution >= 4 is 11.9 Å². The van der Waals surface area contributed by atoms with Crippen molar-refractivity contribution in [3.05, 3.63) is 0 Å². The molecule has 0 saturated carbocycles. The van der Waals surface area contributed by atoms with E-state index in [1.807, 2.05) is 0 Å². The number of hydrogen-bond acceptors (Lipinski definition) is 5. The van der Waals surface area contributed by atoms with Crippen molar-refractivity contribution in [3.63, 3.8) is 0 Å². The zero-order chi connectivity index (χ0) is 37.5. The van der Waals surface area contributed by atoms with Crippen LogP contribution in [0.2, 0.25) is 0 Å². The number of amides is 1. The second kappa shape index (κ2) is 40.1. The first kappa shape index (κ1) is 49.9. The van der Waals surface area contributed by atoms with Crippen LogP contribution >= 0.6 is 0 Å². The minimum absolute atomic E-state index is 0.0304. The van der Waals surface area contributed by atoms with Crippen LogP contribution in [0, 0.1) is 5.92 Å². The van der Waals surface area contributed by atoms with Crippen LogP contribution in [0.3, 0.4) is 0 Å². The lowest BCUT2D eigenvalue weighted by Gasteiger charge is -2.21. The second-order valence-electron chi connectivity index (χ2n) is 16.0. The third kappa shape index (κ3) is 37.0. The number of carbonyl (C=O) groups is 2. The standard InChI is InChI=1S/C45H91N3O3/c1-5-8-11-14-19-26-33-43(34-27-20-15-12-9-6-2)51-45(50)36-29-22-17-24-31-39-48(40-37-46)38-30-23-16-21-28-35-44(49)47-41-42(4)32-25-18-13-10-7-3/h42-43H,5-41,46H2,1-4H3,(H,47,49). The summed E-state index contributed by atoms with van der Waals surface area (Å²) in [5, 5.41) is 3.16. The fourth-order valence-electron chi connectivity index (χ4n) is 7.19. The Labute approximate surface area is 319 Å². The zero-order valence-corrected chi connectivity index (χ0v) is 35.1. The van der Waals surface area contributed by atoms with Crippen molar-refractivity contribution < 1.29 is 14.3 Å². The molecule has 1 unspecified atom stereocenters.